The van der Waals surface area contributed by atoms with Crippen LogP contribution in [0.25, 0.3) is 0 Å². The van der Waals surface area contributed by atoms with Gasteiger partial charge in [-0.3, -0.25) is 4.79 Å². The molecule has 5 heteroatoms. The van der Waals surface area contributed by atoms with Crippen LogP contribution in [0.2, 0.25) is 0 Å². The molecule has 0 spiro atoms. The Morgan fingerprint density at radius 2 is 1.75 bits per heavy atom. The largest absolute Gasteiger partial charge is 0.493 e. The van der Waals surface area contributed by atoms with E-state index in [1.165, 1.54) is 5.56 Å². The highest BCUT2D eigenvalue weighted by Gasteiger charge is 2.07. The Balaban J connectivity index is 1.51. The first-order valence-electron chi connectivity index (χ1n) is 9.41. The van der Waals surface area contributed by atoms with Gasteiger partial charge >= 0.3 is 0 Å². The van der Waals surface area contributed by atoms with Gasteiger partial charge in [-0.1, -0.05) is 50.2 Å². The molecule has 0 saturated heterocycles. The van der Waals surface area contributed by atoms with Crippen LogP contribution >= 0.6 is 0 Å². The molecule has 1 aromatic heterocycles. The molecule has 0 aliphatic rings. The zero-order valence-electron chi connectivity index (χ0n) is 16.2. The lowest BCUT2D eigenvalue weighted by molar-refractivity contribution is -0.116. The van der Waals surface area contributed by atoms with Crippen molar-refractivity contribution in [1.82, 2.24) is 4.98 Å². The van der Waals surface area contributed by atoms with Crippen molar-refractivity contribution in [3.63, 3.8) is 0 Å². The van der Waals surface area contributed by atoms with Gasteiger partial charge in [0.15, 0.2) is 0 Å². The van der Waals surface area contributed by atoms with Gasteiger partial charge in [-0.15, -0.1) is 0 Å². The molecule has 0 atom stereocenters. The molecule has 2 N–H and O–H groups in total. The van der Waals surface area contributed by atoms with Crippen LogP contribution in [0.4, 0.5) is 17.2 Å². The maximum atomic E-state index is 12.1. The van der Waals surface area contributed by atoms with Crippen molar-refractivity contribution in [3.05, 3.63) is 78.5 Å². The molecule has 0 aliphatic heterocycles. The first-order chi connectivity index (χ1) is 13.6. The maximum absolute atomic E-state index is 12.1. The number of benzene rings is 2. The predicted molar refractivity (Wildman–Crippen MR) is 113 cm³/mol. The minimum atomic E-state index is -0.130. The van der Waals surface area contributed by atoms with Crippen molar-refractivity contribution >= 4 is 23.1 Å². The summed E-state index contributed by atoms with van der Waals surface area (Å²) < 4.78 is 5.54. The molecule has 0 radical (unpaired) electrons. The van der Waals surface area contributed by atoms with Gasteiger partial charge in [0.05, 0.1) is 24.9 Å². The van der Waals surface area contributed by atoms with Crippen LogP contribution < -0.4 is 15.4 Å². The Bertz CT molecular complexity index is 893. The lowest BCUT2D eigenvalue weighted by Crippen LogP contribution is -2.16. The number of hydrogen-bond donors (Lipinski definition) is 2. The Labute approximate surface area is 165 Å². The van der Waals surface area contributed by atoms with Crippen LogP contribution in [0.5, 0.6) is 5.75 Å². The molecule has 5 nitrogen and oxygen atoms in total. The number of ether oxygens (including phenoxy) is 1. The van der Waals surface area contributed by atoms with Crippen LogP contribution in [0.1, 0.15) is 31.7 Å². The quantitative estimate of drug-likeness (QED) is 0.557. The molecular formula is C23H25N3O2. The van der Waals surface area contributed by atoms with Crippen LogP contribution in [0.3, 0.4) is 0 Å². The van der Waals surface area contributed by atoms with E-state index in [4.69, 9.17) is 4.74 Å². The molecule has 3 aromatic rings. The van der Waals surface area contributed by atoms with E-state index in [9.17, 15) is 4.79 Å². The van der Waals surface area contributed by atoms with E-state index in [-0.39, 0.29) is 12.3 Å². The number of pyridine rings is 1. The van der Waals surface area contributed by atoms with Crippen molar-refractivity contribution < 1.29 is 9.53 Å². The summed E-state index contributed by atoms with van der Waals surface area (Å²) in [6, 6.07) is 21.4. The number of hydrogen-bond acceptors (Lipinski definition) is 4. The van der Waals surface area contributed by atoms with Gasteiger partial charge in [0.1, 0.15) is 11.6 Å². The fraction of sp³-hybridized carbons (Fsp3) is 0.217. The topological polar surface area (TPSA) is 63.2 Å². The van der Waals surface area contributed by atoms with E-state index in [0.717, 1.165) is 17.1 Å². The molecule has 144 valence electrons. The molecule has 0 bridgehead atoms. The minimum absolute atomic E-state index is 0.130. The zero-order valence-corrected chi connectivity index (χ0v) is 16.2. The number of nitrogens with zero attached hydrogens (tertiary/aromatic N) is 1. The second-order valence-corrected chi connectivity index (χ2v) is 6.76. The number of para-hydroxylation sites is 2. The van der Waals surface area contributed by atoms with Crippen molar-refractivity contribution in [2.75, 3.05) is 17.2 Å². The molecule has 0 saturated carbocycles. The number of rotatable bonds is 8. The van der Waals surface area contributed by atoms with E-state index in [0.29, 0.717) is 18.3 Å². The summed E-state index contributed by atoms with van der Waals surface area (Å²) in [4.78, 5) is 16.4. The van der Waals surface area contributed by atoms with Crippen LogP contribution in [0, 0.1) is 0 Å². The number of anilines is 3. The van der Waals surface area contributed by atoms with E-state index in [2.05, 4.69) is 41.6 Å². The van der Waals surface area contributed by atoms with Gasteiger partial charge < -0.3 is 15.4 Å². The molecule has 0 aliphatic carbocycles. The molecule has 2 aromatic carbocycles. The fourth-order valence-corrected chi connectivity index (χ4v) is 2.80. The average Bonchev–Trinajstić information content (AvgIpc) is 2.70. The summed E-state index contributed by atoms with van der Waals surface area (Å²) >= 11 is 0. The Morgan fingerprint density at radius 1 is 1.00 bits per heavy atom. The van der Waals surface area contributed by atoms with E-state index in [1.54, 1.807) is 12.3 Å². The molecule has 0 unspecified atom stereocenters. The first kappa shape index (κ1) is 19.4. The summed E-state index contributed by atoms with van der Waals surface area (Å²) in [7, 11) is 0. The summed E-state index contributed by atoms with van der Waals surface area (Å²) in [5, 5.41) is 6.18. The molecular weight excluding hydrogens is 350 g/mol. The first-order valence-corrected chi connectivity index (χ1v) is 9.41. The van der Waals surface area contributed by atoms with Crippen LogP contribution in [-0.4, -0.2) is 17.5 Å². The number of aromatic nitrogens is 1. The molecule has 1 amide bonds. The Kier molecular flexibility index (Phi) is 6.63. The molecule has 0 fully saturated rings. The van der Waals surface area contributed by atoms with Crippen molar-refractivity contribution in [2.24, 2.45) is 0 Å². The number of carbonyl (C=O) groups excluding carboxylic acids is 1. The van der Waals surface area contributed by atoms with Gasteiger partial charge in [0.2, 0.25) is 5.91 Å². The van der Waals surface area contributed by atoms with Crippen LogP contribution in [0.15, 0.2) is 72.9 Å². The molecule has 1 heterocycles. The highest BCUT2D eigenvalue weighted by molar-refractivity contribution is 5.89. The van der Waals surface area contributed by atoms with E-state index >= 15 is 0 Å². The minimum Gasteiger partial charge on any atom is -0.493 e. The lowest BCUT2D eigenvalue weighted by atomic mass is 10.0. The standard InChI is InChI=1S/C23H25N3O2/c1-17(2)20-10-6-7-11-21(20)25-18-12-13-22(24-16-18)26-23(27)14-15-28-19-8-4-3-5-9-19/h3-13,16-17,25H,14-15H2,1-2H3,(H,24,26,27). The van der Waals surface area contributed by atoms with Gasteiger partial charge in [-0.2, -0.15) is 0 Å². The summed E-state index contributed by atoms with van der Waals surface area (Å²) in [5.74, 6) is 1.57. The highest BCUT2D eigenvalue weighted by atomic mass is 16.5. The monoisotopic (exact) mass is 375 g/mol. The number of nitrogens with one attached hydrogen (secondary N) is 2. The van der Waals surface area contributed by atoms with Crippen LogP contribution in [-0.2, 0) is 4.79 Å². The molecule has 3 rings (SSSR count). The maximum Gasteiger partial charge on any atom is 0.228 e. The second kappa shape index (κ2) is 9.55. The summed E-state index contributed by atoms with van der Waals surface area (Å²) in [6.45, 7) is 4.65. The normalized spacial score (nSPS) is 10.5. The predicted octanol–water partition coefficient (Wildman–Crippen LogP) is 5.36. The third kappa shape index (κ3) is 5.58. The number of amides is 1. The summed E-state index contributed by atoms with van der Waals surface area (Å²) in [6.07, 6.45) is 1.98. The van der Waals surface area contributed by atoms with Gasteiger partial charge in [-0.25, -0.2) is 4.98 Å². The zero-order chi connectivity index (χ0) is 19.8. The van der Waals surface area contributed by atoms with E-state index in [1.807, 2.05) is 48.5 Å². The third-order valence-electron chi connectivity index (χ3n) is 4.23. The summed E-state index contributed by atoms with van der Waals surface area (Å²) in [5.41, 5.74) is 3.19. The number of carbonyl (C=O) groups is 1. The smallest absolute Gasteiger partial charge is 0.228 e. The van der Waals surface area contributed by atoms with Gasteiger partial charge in [-0.05, 0) is 41.8 Å². The Morgan fingerprint density at radius 3 is 2.46 bits per heavy atom. The second-order valence-electron chi connectivity index (χ2n) is 6.76. The highest BCUT2D eigenvalue weighted by Crippen LogP contribution is 2.26. The average molecular weight is 375 g/mol. The van der Waals surface area contributed by atoms with Crippen molar-refractivity contribution in [3.8, 4) is 5.75 Å². The SMILES string of the molecule is CC(C)c1ccccc1Nc1ccc(NC(=O)CCOc2ccccc2)nc1. The van der Waals surface area contributed by atoms with Crippen molar-refractivity contribution in [2.45, 2.75) is 26.2 Å². The van der Waals surface area contributed by atoms with Gasteiger partial charge in [0, 0.05) is 5.69 Å². The fourth-order valence-electron chi connectivity index (χ4n) is 2.80. The third-order valence-corrected chi connectivity index (χ3v) is 4.23. The lowest BCUT2D eigenvalue weighted by Gasteiger charge is -2.14. The van der Waals surface area contributed by atoms with E-state index < -0.39 is 0 Å². The Hall–Kier alpha value is -3.34. The van der Waals surface area contributed by atoms with Gasteiger partial charge in [0.25, 0.3) is 0 Å². The van der Waals surface area contributed by atoms with Crippen molar-refractivity contribution in [1.29, 1.82) is 0 Å². The molecule has 28 heavy (non-hydrogen) atoms.